The van der Waals surface area contributed by atoms with Gasteiger partial charge in [-0.25, -0.2) is 0 Å². The molecule has 0 aromatic heterocycles. The lowest BCUT2D eigenvalue weighted by Gasteiger charge is -2.02. The minimum Gasteiger partial charge on any atom is -0.490 e. The first-order valence-electron chi connectivity index (χ1n) is 3.79. The number of rotatable bonds is 4. The van der Waals surface area contributed by atoms with Crippen LogP contribution >= 0.6 is 0 Å². The van der Waals surface area contributed by atoms with Crippen LogP contribution in [0, 0.1) is 15.0 Å². The maximum Gasteiger partial charge on any atom is 0.310 e. The first-order chi connectivity index (χ1) is 6.69. The van der Waals surface area contributed by atoms with Gasteiger partial charge in [0, 0.05) is 6.07 Å². The van der Waals surface area contributed by atoms with Crippen molar-refractivity contribution >= 4 is 5.69 Å². The van der Waals surface area contributed by atoms with Crippen molar-refractivity contribution in [3.05, 3.63) is 38.8 Å². The number of methoxy groups -OCH3 is 1. The van der Waals surface area contributed by atoms with Crippen LogP contribution in [-0.2, 0) is 6.54 Å². The molecule has 1 aromatic carbocycles. The molecule has 6 nitrogen and oxygen atoms in total. The summed E-state index contributed by atoms with van der Waals surface area (Å²) in [5, 5.41) is 13.2. The van der Waals surface area contributed by atoms with Crippen LogP contribution in [0.1, 0.15) is 5.56 Å². The minimum atomic E-state index is -0.545. The Balaban J connectivity index is 3.10. The zero-order chi connectivity index (χ0) is 10.6. The molecule has 0 radical (unpaired) electrons. The van der Waals surface area contributed by atoms with Gasteiger partial charge in [0.25, 0.3) is 0 Å². The van der Waals surface area contributed by atoms with E-state index in [0.29, 0.717) is 5.56 Å². The fraction of sp³-hybridized carbons (Fsp3) is 0.250. The molecule has 0 spiro atoms. The summed E-state index contributed by atoms with van der Waals surface area (Å²) in [5.74, 6) is 0.135. The summed E-state index contributed by atoms with van der Waals surface area (Å²) in [6.45, 7) is -0.0195. The largest absolute Gasteiger partial charge is 0.490 e. The second-order valence-corrected chi connectivity index (χ2v) is 2.55. The van der Waals surface area contributed by atoms with Gasteiger partial charge in [-0.3, -0.25) is 10.1 Å². The summed E-state index contributed by atoms with van der Waals surface area (Å²) in [6, 6.07) is 4.20. The molecule has 0 amide bonds. The van der Waals surface area contributed by atoms with Crippen LogP contribution in [0.3, 0.4) is 0 Å². The van der Waals surface area contributed by atoms with Gasteiger partial charge < -0.3 is 4.74 Å². The number of nitrogens with zero attached hydrogens (tertiary/aromatic N) is 2. The monoisotopic (exact) mass is 196 g/mol. The number of benzene rings is 1. The summed E-state index contributed by atoms with van der Waals surface area (Å²) >= 11 is 0. The van der Waals surface area contributed by atoms with Crippen molar-refractivity contribution in [2.45, 2.75) is 6.54 Å². The van der Waals surface area contributed by atoms with E-state index < -0.39 is 4.92 Å². The van der Waals surface area contributed by atoms with E-state index in [1.807, 2.05) is 0 Å². The first kappa shape index (κ1) is 10.1. The average Bonchev–Trinajstić information content (AvgIpc) is 2.17. The lowest BCUT2D eigenvalue weighted by molar-refractivity contribution is -0.385. The Bertz CT molecular complexity index is 364. The predicted molar refractivity (Wildman–Crippen MR) is 49.1 cm³/mol. The highest BCUT2D eigenvalue weighted by atomic mass is 16.6. The number of hydrogen-bond donors (Lipinski definition) is 0. The molecule has 14 heavy (non-hydrogen) atoms. The molecule has 1 rings (SSSR count). The summed E-state index contributed by atoms with van der Waals surface area (Å²) in [6.07, 6.45) is 0. The van der Waals surface area contributed by atoms with E-state index >= 15 is 0 Å². The Morgan fingerprint density at radius 3 is 2.79 bits per heavy atom. The van der Waals surface area contributed by atoms with Gasteiger partial charge in [0.05, 0.1) is 12.0 Å². The third kappa shape index (κ3) is 2.03. The second kappa shape index (κ2) is 4.31. The summed E-state index contributed by atoms with van der Waals surface area (Å²) in [5.41, 5.74) is 0.463. The molecule has 0 N–H and O–H groups in total. The van der Waals surface area contributed by atoms with Crippen LogP contribution < -0.4 is 4.74 Å². The van der Waals surface area contributed by atoms with E-state index in [1.54, 1.807) is 0 Å². The highest BCUT2D eigenvalue weighted by Crippen LogP contribution is 2.27. The molecule has 0 aliphatic heterocycles. The molecule has 0 heterocycles. The molecule has 0 bridgehead atoms. The lowest BCUT2D eigenvalue weighted by atomic mass is 10.2. The SMILES string of the molecule is COc1cc(CN=O)ccc1[N+](=O)[O-]. The van der Waals surface area contributed by atoms with Crippen molar-refractivity contribution < 1.29 is 9.66 Å². The summed E-state index contributed by atoms with van der Waals surface area (Å²) in [7, 11) is 1.33. The van der Waals surface area contributed by atoms with Crippen molar-refractivity contribution in [2.24, 2.45) is 5.18 Å². The maximum atomic E-state index is 10.5. The quantitative estimate of drug-likeness (QED) is 0.418. The van der Waals surface area contributed by atoms with Crippen LogP contribution in [0.4, 0.5) is 5.69 Å². The number of ether oxygens (including phenoxy) is 1. The highest BCUT2D eigenvalue weighted by molar-refractivity contribution is 5.48. The zero-order valence-electron chi connectivity index (χ0n) is 7.47. The third-order valence-corrected chi connectivity index (χ3v) is 1.69. The second-order valence-electron chi connectivity index (χ2n) is 2.55. The Morgan fingerprint density at radius 1 is 1.57 bits per heavy atom. The molecule has 0 atom stereocenters. The smallest absolute Gasteiger partial charge is 0.310 e. The van der Waals surface area contributed by atoms with Gasteiger partial charge in [0.2, 0.25) is 0 Å². The van der Waals surface area contributed by atoms with Gasteiger partial charge in [0.1, 0.15) is 6.54 Å². The molecular formula is C8H8N2O4. The van der Waals surface area contributed by atoms with E-state index in [0.717, 1.165) is 0 Å². The average molecular weight is 196 g/mol. The standard InChI is InChI=1S/C8H8N2O4/c1-14-8-4-6(5-9-11)2-3-7(8)10(12)13/h2-4H,5H2,1H3. The predicted octanol–water partition coefficient (Wildman–Crippen LogP) is 1.87. The summed E-state index contributed by atoms with van der Waals surface area (Å²) < 4.78 is 4.81. The molecule has 0 saturated carbocycles. The van der Waals surface area contributed by atoms with Gasteiger partial charge in [-0.1, -0.05) is 5.18 Å². The molecule has 0 aliphatic rings. The van der Waals surface area contributed by atoms with Crippen molar-refractivity contribution in [2.75, 3.05) is 7.11 Å². The summed E-state index contributed by atoms with van der Waals surface area (Å²) in [4.78, 5) is 19.9. The van der Waals surface area contributed by atoms with E-state index in [4.69, 9.17) is 4.74 Å². The molecule has 6 heteroatoms. The van der Waals surface area contributed by atoms with Gasteiger partial charge in [0.15, 0.2) is 5.75 Å². The van der Waals surface area contributed by atoms with Crippen LogP contribution in [0.15, 0.2) is 23.4 Å². The molecule has 0 saturated heterocycles. The fourth-order valence-corrected chi connectivity index (χ4v) is 1.05. The van der Waals surface area contributed by atoms with Crippen LogP contribution in [0.5, 0.6) is 5.75 Å². The molecule has 0 fully saturated rings. The van der Waals surface area contributed by atoms with E-state index in [2.05, 4.69) is 5.18 Å². The molecule has 74 valence electrons. The third-order valence-electron chi connectivity index (χ3n) is 1.69. The Kier molecular flexibility index (Phi) is 3.11. The molecule has 0 unspecified atom stereocenters. The first-order valence-corrected chi connectivity index (χ1v) is 3.79. The number of nitro groups is 1. The van der Waals surface area contributed by atoms with E-state index in [9.17, 15) is 15.0 Å². The Hall–Kier alpha value is -1.98. The van der Waals surface area contributed by atoms with Crippen molar-refractivity contribution in [1.29, 1.82) is 0 Å². The number of nitroso groups, excluding NO2 is 1. The zero-order valence-corrected chi connectivity index (χ0v) is 7.47. The number of hydrogen-bond acceptors (Lipinski definition) is 5. The van der Waals surface area contributed by atoms with Gasteiger partial charge in [-0.2, -0.15) is 4.91 Å². The topological polar surface area (TPSA) is 81.8 Å². The van der Waals surface area contributed by atoms with Gasteiger partial charge in [-0.15, -0.1) is 0 Å². The van der Waals surface area contributed by atoms with Gasteiger partial charge in [-0.05, 0) is 17.7 Å². The van der Waals surface area contributed by atoms with Gasteiger partial charge >= 0.3 is 5.69 Å². The lowest BCUT2D eigenvalue weighted by Crippen LogP contribution is -1.94. The number of nitro benzene ring substituents is 1. The van der Waals surface area contributed by atoms with Crippen molar-refractivity contribution in [3.63, 3.8) is 0 Å². The van der Waals surface area contributed by atoms with Crippen LogP contribution in [-0.4, -0.2) is 12.0 Å². The van der Waals surface area contributed by atoms with E-state index in [-0.39, 0.29) is 18.0 Å². The molecular weight excluding hydrogens is 188 g/mol. The normalized spacial score (nSPS) is 9.50. The highest BCUT2D eigenvalue weighted by Gasteiger charge is 2.14. The molecule has 0 aliphatic carbocycles. The fourth-order valence-electron chi connectivity index (χ4n) is 1.05. The van der Waals surface area contributed by atoms with Crippen LogP contribution in [0.2, 0.25) is 0 Å². The van der Waals surface area contributed by atoms with Crippen LogP contribution in [0.25, 0.3) is 0 Å². The van der Waals surface area contributed by atoms with E-state index in [1.165, 1.54) is 25.3 Å². The van der Waals surface area contributed by atoms with Crippen molar-refractivity contribution in [3.8, 4) is 5.75 Å². The maximum absolute atomic E-state index is 10.5. The minimum absolute atomic E-state index is 0.0195. The molecule has 1 aromatic rings. The Morgan fingerprint density at radius 2 is 2.29 bits per heavy atom. The Labute approximate surface area is 79.6 Å². The van der Waals surface area contributed by atoms with Crippen molar-refractivity contribution in [1.82, 2.24) is 0 Å².